The van der Waals surface area contributed by atoms with Crippen molar-refractivity contribution in [2.45, 2.75) is 31.3 Å². The number of hydrogen-bond acceptors (Lipinski definition) is 3. The van der Waals surface area contributed by atoms with Gasteiger partial charge in [-0.05, 0) is 39.2 Å². The number of likely N-dealkylation sites (N-methyl/N-ethyl adjacent to an activating group) is 1. The normalized spacial score (nSPS) is 11.2. The molecule has 1 rings (SSSR count). The number of urea groups is 1. The maximum Gasteiger partial charge on any atom is 0.321 e. The lowest BCUT2D eigenvalue weighted by molar-refractivity contribution is 0.0501. The summed E-state index contributed by atoms with van der Waals surface area (Å²) in [7, 11) is 0. The third kappa shape index (κ3) is 5.12. The molecule has 0 atom stereocenters. The summed E-state index contributed by atoms with van der Waals surface area (Å²) in [6.07, 6.45) is 1.97. The maximum atomic E-state index is 12.2. The first-order valence-electron chi connectivity index (χ1n) is 6.28. The van der Waals surface area contributed by atoms with Gasteiger partial charge in [0.15, 0.2) is 0 Å². The van der Waals surface area contributed by atoms with Crippen molar-refractivity contribution in [3.8, 4) is 0 Å². The molecule has 0 aromatic heterocycles. The van der Waals surface area contributed by atoms with Gasteiger partial charge in [0, 0.05) is 11.4 Å². The number of benzene rings is 1. The Kier molecular flexibility index (Phi) is 5.69. The fraction of sp³-hybridized carbons (Fsp3) is 0.500. The van der Waals surface area contributed by atoms with E-state index in [1.54, 1.807) is 30.5 Å². The van der Waals surface area contributed by atoms with Crippen LogP contribution in [0.3, 0.4) is 0 Å². The fourth-order valence-corrected chi connectivity index (χ4v) is 2.29. The zero-order valence-electron chi connectivity index (χ0n) is 11.9. The average molecular weight is 282 g/mol. The molecule has 0 saturated carbocycles. The fourth-order valence-electron chi connectivity index (χ4n) is 1.74. The van der Waals surface area contributed by atoms with E-state index >= 15 is 0 Å². The van der Waals surface area contributed by atoms with Crippen LogP contribution in [0.15, 0.2) is 29.2 Å². The number of nitrogens with zero attached hydrogens (tertiary/aromatic N) is 1. The minimum absolute atomic E-state index is 0.189. The van der Waals surface area contributed by atoms with Crippen LogP contribution in [0, 0.1) is 0 Å². The van der Waals surface area contributed by atoms with Crippen LogP contribution in [-0.4, -0.2) is 41.0 Å². The molecule has 0 aliphatic carbocycles. The highest BCUT2D eigenvalue weighted by Crippen LogP contribution is 2.24. The van der Waals surface area contributed by atoms with Gasteiger partial charge in [-0.25, -0.2) is 4.79 Å². The average Bonchev–Trinajstić information content (AvgIpc) is 2.35. The Labute approximate surface area is 119 Å². The largest absolute Gasteiger partial charge is 0.389 e. The number of rotatable bonds is 5. The molecule has 2 N–H and O–H groups in total. The molecule has 106 valence electrons. The summed E-state index contributed by atoms with van der Waals surface area (Å²) in [5, 5.41) is 12.7. The molecule has 19 heavy (non-hydrogen) atoms. The third-order valence-electron chi connectivity index (χ3n) is 2.60. The van der Waals surface area contributed by atoms with Gasteiger partial charge in [-0.15, -0.1) is 11.8 Å². The molecule has 0 saturated heterocycles. The second-order valence-electron chi connectivity index (χ2n) is 4.96. The molecule has 0 unspecified atom stereocenters. The van der Waals surface area contributed by atoms with Crippen molar-refractivity contribution in [2.75, 3.05) is 24.7 Å². The summed E-state index contributed by atoms with van der Waals surface area (Å²) in [5.41, 5.74) is -0.0963. The van der Waals surface area contributed by atoms with E-state index in [-0.39, 0.29) is 6.03 Å². The highest BCUT2D eigenvalue weighted by Gasteiger charge is 2.21. The van der Waals surface area contributed by atoms with Gasteiger partial charge >= 0.3 is 6.03 Å². The second kappa shape index (κ2) is 6.82. The Bertz CT molecular complexity index is 430. The van der Waals surface area contributed by atoms with Crippen molar-refractivity contribution in [2.24, 2.45) is 0 Å². The number of carbonyl (C=O) groups excluding carboxylic acids is 1. The van der Waals surface area contributed by atoms with E-state index < -0.39 is 5.60 Å². The molecule has 0 bridgehead atoms. The quantitative estimate of drug-likeness (QED) is 0.816. The first kappa shape index (κ1) is 15.9. The van der Waals surface area contributed by atoms with E-state index in [1.165, 1.54) is 0 Å². The van der Waals surface area contributed by atoms with Crippen LogP contribution in [0.1, 0.15) is 20.8 Å². The van der Waals surface area contributed by atoms with E-state index in [9.17, 15) is 9.90 Å². The highest BCUT2D eigenvalue weighted by molar-refractivity contribution is 7.98. The van der Waals surface area contributed by atoms with Crippen LogP contribution >= 0.6 is 11.8 Å². The molecule has 1 aromatic carbocycles. The van der Waals surface area contributed by atoms with Crippen molar-refractivity contribution in [3.05, 3.63) is 24.3 Å². The topological polar surface area (TPSA) is 52.6 Å². The van der Waals surface area contributed by atoms with Crippen molar-refractivity contribution in [3.63, 3.8) is 0 Å². The number of carbonyl (C=O) groups is 1. The molecule has 1 aromatic rings. The molecule has 0 fully saturated rings. The Morgan fingerprint density at radius 1 is 1.42 bits per heavy atom. The molecule has 0 radical (unpaired) electrons. The molecule has 0 aliphatic rings. The van der Waals surface area contributed by atoms with Gasteiger partial charge in [0.1, 0.15) is 0 Å². The number of amides is 2. The Morgan fingerprint density at radius 3 is 2.58 bits per heavy atom. The molecule has 0 aliphatic heterocycles. The number of nitrogens with one attached hydrogen (secondary N) is 1. The standard InChI is InChI=1S/C14H22N2O2S/c1-5-16(10-14(2,3)18)13(17)15-11-8-6-7-9-12(11)19-4/h6-9,18H,5,10H2,1-4H3,(H,15,17). The van der Waals surface area contributed by atoms with Gasteiger partial charge in [-0.2, -0.15) is 0 Å². The van der Waals surface area contributed by atoms with Gasteiger partial charge in [0.25, 0.3) is 0 Å². The van der Waals surface area contributed by atoms with Crippen molar-refractivity contribution >= 4 is 23.5 Å². The monoisotopic (exact) mass is 282 g/mol. The summed E-state index contributed by atoms with van der Waals surface area (Å²) < 4.78 is 0. The van der Waals surface area contributed by atoms with E-state index in [1.807, 2.05) is 37.4 Å². The van der Waals surface area contributed by atoms with E-state index in [0.717, 1.165) is 10.6 Å². The predicted octanol–water partition coefficient (Wildman–Crippen LogP) is 3.03. The number of aliphatic hydroxyl groups is 1. The zero-order chi connectivity index (χ0) is 14.5. The summed E-state index contributed by atoms with van der Waals surface area (Å²) in [6, 6.07) is 7.48. The van der Waals surface area contributed by atoms with Crippen LogP contribution in [0.25, 0.3) is 0 Å². The van der Waals surface area contributed by atoms with Crippen LogP contribution < -0.4 is 5.32 Å². The first-order valence-corrected chi connectivity index (χ1v) is 7.51. The van der Waals surface area contributed by atoms with Crippen LogP contribution in [0.2, 0.25) is 0 Å². The SMILES string of the molecule is CCN(CC(C)(C)O)C(=O)Nc1ccccc1SC. The summed E-state index contributed by atoms with van der Waals surface area (Å²) in [4.78, 5) is 14.8. The van der Waals surface area contributed by atoms with Crippen LogP contribution in [0.4, 0.5) is 10.5 Å². The highest BCUT2D eigenvalue weighted by atomic mass is 32.2. The Morgan fingerprint density at radius 2 is 2.05 bits per heavy atom. The molecule has 4 nitrogen and oxygen atoms in total. The smallest absolute Gasteiger partial charge is 0.321 e. The minimum Gasteiger partial charge on any atom is -0.389 e. The van der Waals surface area contributed by atoms with Gasteiger partial charge in [-0.3, -0.25) is 0 Å². The number of anilines is 1. The van der Waals surface area contributed by atoms with E-state index in [2.05, 4.69) is 5.32 Å². The summed E-state index contributed by atoms with van der Waals surface area (Å²) in [6.45, 7) is 6.14. The van der Waals surface area contributed by atoms with Gasteiger partial charge in [0.05, 0.1) is 17.8 Å². The van der Waals surface area contributed by atoms with Crippen molar-refractivity contribution < 1.29 is 9.90 Å². The number of thioether (sulfide) groups is 1. The molecule has 5 heteroatoms. The predicted molar refractivity (Wildman–Crippen MR) is 80.8 cm³/mol. The maximum absolute atomic E-state index is 12.2. The Balaban J connectivity index is 2.77. The molecule has 2 amide bonds. The zero-order valence-corrected chi connectivity index (χ0v) is 12.8. The molecule has 0 heterocycles. The third-order valence-corrected chi connectivity index (χ3v) is 3.39. The minimum atomic E-state index is -0.896. The van der Waals surface area contributed by atoms with Gasteiger partial charge in [-0.1, -0.05) is 12.1 Å². The lowest BCUT2D eigenvalue weighted by Gasteiger charge is -2.28. The lowest BCUT2D eigenvalue weighted by Crippen LogP contribution is -2.44. The summed E-state index contributed by atoms with van der Waals surface area (Å²) >= 11 is 1.59. The van der Waals surface area contributed by atoms with Gasteiger partial charge in [0.2, 0.25) is 0 Å². The van der Waals surface area contributed by atoms with Crippen molar-refractivity contribution in [1.82, 2.24) is 4.90 Å². The lowest BCUT2D eigenvalue weighted by atomic mass is 10.1. The molecular weight excluding hydrogens is 260 g/mol. The number of hydrogen-bond donors (Lipinski definition) is 2. The first-order chi connectivity index (χ1) is 8.87. The second-order valence-corrected chi connectivity index (χ2v) is 5.81. The van der Waals surface area contributed by atoms with Crippen LogP contribution in [0.5, 0.6) is 0 Å². The van der Waals surface area contributed by atoms with E-state index in [4.69, 9.17) is 0 Å². The van der Waals surface area contributed by atoms with Crippen LogP contribution in [-0.2, 0) is 0 Å². The molecule has 0 spiro atoms. The molecular formula is C14H22N2O2S. The Hall–Kier alpha value is -1.20. The van der Waals surface area contributed by atoms with Crippen molar-refractivity contribution in [1.29, 1.82) is 0 Å². The van der Waals surface area contributed by atoms with E-state index in [0.29, 0.717) is 13.1 Å². The van der Waals surface area contributed by atoms with Gasteiger partial charge < -0.3 is 15.3 Å². The number of para-hydroxylation sites is 1. The summed E-state index contributed by atoms with van der Waals surface area (Å²) in [5.74, 6) is 0.